The maximum absolute atomic E-state index is 9.78. The third-order valence-electron chi connectivity index (χ3n) is 5.48. The molecule has 0 amide bonds. The molecule has 0 unspecified atom stereocenters. The highest BCUT2D eigenvalue weighted by Crippen LogP contribution is 2.35. The Balaban J connectivity index is 1.53. The number of nitriles is 1. The summed E-state index contributed by atoms with van der Waals surface area (Å²) < 4.78 is 0. The van der Waals surface area contributed by atoms with Crippen molar-refractivity contribution in [1.29, 1.82) is 5.26 Å². The van der Waals surface area contributed by atoms with Gasteiger partial charge in [-0.2, -0.15) is 10.4 Å². The predicted molar refractivity (Wildman–Crippen MR) is 126 cm³/mol. The van der Waals surface area contributed by atoms with Gasteiger partial charge in [-0.15, -0.1) is 0 Å². The van der Waals surface area contributed by atoms with Crippen LogP contribution in [0.2, 0.25) is 5.02 Å². The summed E-state index contributed by atoms with van der Waals surface area (Å²) in [4.78, 5) is 9.57. The fraction of sp³-hybridized carbons (Fsp3) is 0.250. The molecule has 2 aromatic heterocycles. The zero-order chi connectivity index (χ0) is 21.9. The van der Waals surface area contributed by atoms with E-state index in [1.165, 1.54) is 12.8 Å². The Labute approximate surface area is 190 Å². The van der Waals surface area contributed by atoms with Gasteiger partial charge in [0.05, 0.1) is 28.1 Å². The van der Waals surface area contributed by atoms with Crippen molar-refractivity contribution >= 4 is 28.3 Å². The van der Waals surface area contributed by atoms with Gasteiger partial charge in [0.25, 0.3) is 0 Å². The number of aromatic nitrogens is 4. The van der Waals surface area contributed by atoms with Crippen LogP contribution in [0.5, 0.6) is 0 Å². The first kappa shape index (κ1) is 20.4. The zero-order valence-corrected chi connectivity index (χ0v) is 18.2. The average molecular weight is 444 g/mol. The molecule has 0 atom stereocenters. The first-order chi connectivity index (χ1) is 15.7. The summed E-state index contributed by atoms with van der Waals surface area (Å²) in [5.74, 6) is 0.497. The fourth-order valence-electron chi connectivity index (χ4n) is 3.67. The van der Waals surface area contributed by atoms with Crippen LogP contribution in [0.3, 0.4) is 0 Å². The van der Waals surface area contributed by atoms with Crippen molar-refractivity contribution in [2.45, 2.75) is 25.3 Å². The summed E-state index contributed by atoms with van der Waals surface area (Å²) in [7, 11) is 0. The lowest BCUT2D eigenvalue weighted by Crippen LogP contribution is -2.20. The summed E-state index contributed by atoms with van der Waals surface area (Å²) in [6.07, 6.45) is 5.21. The standard InChI is InChI=1S/C24H22ClN7/c25-19-12-16(11-17-14-29-32-21(17)19)23-22(15-5-2-1-3-6-15)31-24(20(13-26)30-23)28-10-4-9-27-18-7-8-18/h1-3,5-6,11-12,14,18,27H,4,7-10H2,(H,28,31)(H,29,32). The minimum absolute atomic E-state index is 0.262. The molecule has 3 N–H and O–H groups in total. The average Bonchev–Trinajstić information content (AvgIpc) is 3.52. The molecule has 0 saturated heterocycles. The van der Waals surface area contributed by atoms with E-state index >= 15 is 0 Å². The van der Waals surface area contributed by atoms with Gasteiger partial charge in [0.1, 0.15) is 6.07 Å². The van der Waals surface area contributed by atoms with Crippen LogP contribution in [0.25, 0.3) is 33.4 Å². The maximum Gasteiger partial charge on any atom is 0.183 e. The van der Waals surface area contributed by atoms with Crippen molar-refractivity contribution in [1.82, 2.24) is 25.5 Å². The number of nitrogens with one attached hydrogen (secondary N) is 3. The second-order valence-electron chi connectivity index (χ2n) is 7.90. The van der Waals surface area contributed by atoms with Gasteiger partial charge in [0, 0.05) is 29.1 Å². The van der Waals surface area contributed by atoms with E-state index in [1.54, 1.807) is 6.20 Å². The molecule has 0 radical (unpaired) electrons. The minimum Gasteiger partial charge on any atom is -0.368 e. The molecule has 1 aliphatic carbocycles. The second kappa shape index (κ2) is 8.95. The Morgan fingerprint density at radius 2 is 1.88 bits per heavy atom. The number of rotatable bonds is 8. The van der Waals surface area contributed by atoms with Gasteiger partial charge in [0.2, 0.25) is 0 Å². The minimum atomic E-state index is 0.262. The van der Waals surface area contributed by atoms with Gasteiger partial charge in [0.15, 0.2) is 11.5 Å². The van der Waals surface area contributed by atoms with E-state index in [1.807, 2.05) is 42.5 Å². The number of fused-ring (bicyclic) bond motifs is 1. The molecule has 0 spiro atoms. The van der Waals surface area contributed by atoms with E-state index in [2.05, 4.69) is 26.9 Å². The lowest BCUT2D eigenvalue weighted by molar-refractivity contribution is 0.658. The van der Waals surface area contributed by atoms with Crippen molar-refractivity contribution < 1.29 is 0 Å². The number of hydrogen-bond acceptors (Lipinski definition) is 6. The molecule has 5 rings (SSSR count). The van der Waals surface area contributed by atoms with Crippen LogP contribution in [0, 0.1) is 11.3 Å². The SMILES string of the molecule is N#Cc1nc(-c2cc(Cl)c3[nH]ncc3c2)c(-c2ccccc2)nc1NCCCNC1CC1. The van der Waals surface area contributed by atoms with Crippen LogP contribution >= 0.6 is 11.6 Å². The smallest absolute Gasteiger partial charge is 0.183 e. The van der Waals surface area contributed by atoms with Crippen molar-refractivity contribution in [3.05, 3.63) is 59.4 Å². The molecule has 8 heteroatoms. The number of anilines is 1. The molecular weight excluding hydrogens is 422 g/mol. The van der Waals surface area contributed by atoms with Gasteiger partial charge < -0.3 is 10.6 Å². The van der Waals surface area contributed by atoms with Crippen LogP contribution in [-0.2, 0) is 0 Å². The van der Waals surface area contributed by atoms with Crippen molar-refractivity contribution in [2.75, 3.05) is 18.4 Å². The largest absolute Gasteiger partial charge is 0.368 e. The molecular formula is C24H22ClN7. The highest BCUT2D eigenvalue weighted by molar-refractivity contribution is 6.35. The van der Waals surface area contributed by atoms with Crippen LogP contribution in [-0.4, -0.2) is 39.3 Å². The van der Waals surface area contributed by atoms with Gasteiger partial charge in [-0.05, 0) is 37.9 Å². The van der Waals surface area contributed by atoms with Crippen LogP contribution in [0.1, 0.15) is 25.0 Å². The number of benzene rings is 2. The highest BCUT2D eigenvalue weighted by atomic mass is 35.5. The first-order valence-electron chi connectivity index (χ1n) is 10.7. The number of H-pyrrole nitrogens is 1. The molecule has 1 fully saturated rings. The number of halogens is 1. The number of aromatic amines is 1. The molecule has 0 bridgehead atoms. The monoisotopic (exact) mass is 443 g/mol. The van der Waals surface area contributed by atoms with E-state index in [0.29, 0.717) is 34.8 Å². The van der Waals surface area contributed by atoms with Crippen molar-refractivity contribution in [3.63, 3.8) is 0 Å². The molecule has 2 aromatic carbocycles. The molecule has 4 aromatic rings. The third-order valence-corrected chi connectivity index (χ3v) is 5.78. The Morgan fingerprint density at radius 3 is 2.66 bits per heavy atom. The summed E-state index contributed by atoms with van der Waals surface area (Å²) in [6, 6.07) is 16.5. The number of nitrogens with zero attached hydrogens (tertiary/aromatic N) is 4. The Kier molecular flexibility index (Phi) is 5.71. The zero-order valence-electron chi connectivity index (χ0n) is 17.4. The van der Waals surface area contributed by atoms with Gasteiger partial charge in [-0.3, -0.25) is 5.10 Å². The molecule has 32 heavy (non-hydrogen) atoms. The van der Waals surface area contributed by atoms with Crippen LogP contribution in [0.4, 0.5) is 5.82 Å². The molecule has 2 heterocycles. The van der Waals surface area contributed by atoms with Gasteiger partial charge >= 0.3 is 0 Å². The summed E-state index contributed by atoms with van der Waals surface area (Å²) in [5.41, 5.74) is 4.04. The normalized spacial score (nSPS) is 13.2. The highest BCUT2D eigenvalue weighted by Gasteiger charge is 2.20. The third kappa shape index (κ3) is 4.28. The second-order valence-corrected chi connectivity index (χ2v) is 8.30. The maximum atomic E-state index is 9.78. The predicted octanol–water partition coefficient (Wildman–Crippen LogP) is 4.77. The van der Waals surface area contributed by atoms with Crippen LogP contribution < -0.4 is 10.6 Å². The molecule has 7 nitrogen and oxygen atoms in total. The Morgan fingerprint density at radius 1 is 1.06 bits per heavy atom. The van der Waals surface area contributed by atoms with Gasteiger partial charge in [-0.25, -0.2) is 9.97 Å². The first-order valence-corrected chi connectivity index (χ1v) is 11.1. The van der Waals surface area contributed by atoms with E-state index in [4.69, 9.17) is 21.6 Å². The summed E-state index contributed by atoms with van der Waals surface area (Å²) in [5, 5.41) is 25.0. The topological polar surface area (TPSA) is 102 Å². The van der Waals surface area contributed by atoms with E-state index < -0.39 is 0 Å². The van der Waals surface area contributed by atoms with E-state index in [0.717, 1.165) is 35.0 Å². The van der Waals surface area contributed by atoms with Gasteiger partial charge in [-0.1, -0.05) is 41.9 Å². The molecule has 1 saturated carbocycles. The van der Waals surface area contributed by atoms with Crippen LogP contribution in [0.15, 0.2) is 48.7 Å². The Hall–Kier alpha value is -3.47. The Bertz CT molecular complexity index is 1290. The van der Waals surface area contributed by atoms with E-state index in [9.17, 15) is 5.26 Å². The van der Waals surface area contributed by atoms with Crippen molar-refractivity contribution in [2.24, 2.45) is 0 Å². The lowest BCUT2D eigenvalue weighted by atomic mass is 10.0. The summed E-state index contributed by atoms with van der Waals surface area (Å²) >= 11 is 6.48. The quantitative estimate of drug-likeness (QED) is 0.339. The fourth-order valence-corrected chi connectivity index (χ4v) is 3.94. The van der Waals surface area contributed by atoms with Crippen molar-refractivity contribution in [3.8, 4) is 28.6 Å². The molecule has 160 valence electrons. The molecule has 0 aliphatic heterocycles. The lowest BCUT2D eigenvalue weighted by Gasteiger charge is -2.14. The summed E-state index contributed by atoms with van der Waals surface area (Å²) in [6.45, 7) is 1.66. The molecule has 1 aliphatic rings. The number of hydrogen-bond donors (Lipinski definition) is 3. The van der Waals surface area contributed by atoms with E-state index in [-0.39, 0.29) is 5.69 Å².